The van der Waals surface area contributed by atoms with Crippen molar-refractivity contribution in [3.05, 3.63) is 28.3 Å². The van der Waals surface area contributed by atoms with E-state index < -0.39 is 0 Å². The Morgan fingerprint density at radius 1 is 1.39 bits per heavy atom. The number of nitro benzene ring substituents is 1. The average molecular weight is 248 g/mol. The molecule has 0 radical (unpaired) electrons. The van der Waals surface area contributed by atoms with E-state index in [1.165, 1.54) is 6.42 Å². The van der Waals surface area contributed by atoms with Crippen LogP contribution in [0.3, 0.4) is 0 Å². The van der Waals surface area contributed by atoms with Crippen LogP contribution in [0.25, 0.3) is 0 Å². The monoisotopic (exact) mass is 248 g/mol. The van der Waals surface area contributed by atoms with Crippen LogP contribution in [0.4, 0.5) is 17.1 Å². The molecule has 2 atom stereocenters. The SMILES string of the molecule is CN1C2CC1CN(c1cccc(N)c1[N+](=O)[O-])C2. The lowest BCUT2D eigenvalue weighted by molar-refractivity contribution is -0.383. The van der Waals surface area contributed by atoms with Gasteiger partial charge in [0.05, 0.1) is 4.92 Å². The average Bonchev–Trinajstić information content (AvgIpc) is 2.37. The largest absolute Gasteiger partial charge is 0.393 e. The van der Waals surface area contributed by atoms with Crippen molar-refractivity contribution >= 4 is 17.1 Å². The van der Waals surface area contributed by atoms with Gasteiger partial charge in [0.1, 0.15) is 11.4 Å². The molecule has 0 amide bonds. The molecule has 3 aliphatic rings. The molecular weight excluding hydrogens is 232 g/mol. The number of piperidine rings is 1. The Morgan fingerprint density at radius 3 is 2.61 bits per heavy atom. The molecule has 4 rings (SSSR count). The third-order valence-corrected chi connectivity index (χ3v) is 4.13. The van der Waals surface area contributed by atoms with Crippen LogP contribution in [0.15, 0.2) is 18.2 Å². The van der Waals surface area contributed by atoms with Crippen molar-refractivity contribution in [3.8, 4) is 0 Å². The van der Waals surface area contributed by atoms with E-state index in [9.17, 15) is 10.1 Å². The highest BCUT2D eigenvalue weighted by Crippen LogP contribution is 2.39. The maximum absolute atomic E-state index is 11.1. The van der Waals surface area contributed by atoms with Gasteiger partial charge in [-0.2, -0.15) is 0 Å². The van der Waals surface area contributed by atoms with Gasteiger partial charge in [-0.15, -0.1) is 0 Å². The van der Waals surface area contributed by atoms with E-state index in [0.29, 0.717) is 17.8 Å². The zero-order valence-electron chi connectivity index (χ0n) is 10.2. The van der Waals surface area contributed by atoms with E-state index in [4.69, 9.17) is 5.73 Å². The summed E-state index contributed by atoms with van der Waals surface area (Å²) in [7, 11) is 2.12. The van der Waals surface area contributed by atoms with E-state index in [1.807, 2.05) is 0 Å². The molecule has 96 valence electrons. The second kappa shape index (κ2) is 3.84. The number of para-hydroxylation sites is 1. The van der Waals surface area contributed by atoms with Gasteiger partial charge in [-0.1, -0.05) is 6.07 Å². The molecule has 3 saturated heterocycles. The lowest BCUT2D eigenvalue weighted by Gasteiger charge is -2.55. The fourth-order valence-corrected chi connectivity index (χ4v) is 3.00. The summed E-state index contributed by atoms with van der Waals surface area (Å²) in [6, 6.07) is 6.19. The van der Waals surface area contributed by atoms with Gasteiger partial charge in [-0.05, 0) is 25.6 Å². The molecule has 2 unspecified atom stereocenters. The van der Waals surface area contributed by atoms with Gasteiger partial charge in [0.2, 0.25) is 0 Å². The number of nitrogens with two attached hydrogens (primary N) is 1. The third kappa shape index (κ3) is 1.53. The highest BCUT2D eigenvalue weighted by molar-refractivity contribution is 5.75. The Morgan fingerprint density at radius 2 is 2.06 bits per heavy atom. The molecule has 3 aliphatic heterocycles. The smallest absolute Gasteiger partial charge is 0.315 e. The van der Waals surface area contributed by atoms with Crippen molar-refractivity contribution in [3.63, 3.8) is 0 Å². The molecule has 0 spiro atoms. The van der Waals surface area contributed by atoms with Crippen LogP contribution in [-0.4, -0.2) is 42.0 Å². The molecular formula is C12H16N4O2. The van der Waals surface area contributed by atoms with E-state index in [1.54, 1.807) is 18.2 Å². The van der Waals surface area contributed by atoms with Crippen LogP contribution in [0, 0.1) is 10.1 Å². The lowest BCUT2D eigenvalue weighted by Crippen LogP contribution is -2.67. The number of benzene rings is 1. The lowest BCUT2D eigenvalue weighted by atomic mass is 9.88. The van der Waals surface area contributed by atoms with Crippen LogP contribution < -0.4 is 10.6 Å². The maximum atomic E-state index is 11.1. The zero-order valence-corrected chi connectivity index (χ0v) is 10.2. The topological polar surface area (TPSA) is 75.6 Å². The number of hydrogen-bond acceptors (Lipinski definition) is 5. The van der Waals surface area contributed by atoms with E-state index in [-0.39, 0.29) is 16.3 Å². The summed E-state index contributed by atoms with van der Waals surface area (Å²) in [5.41, 5.74) is 6.66. The van der Waals surface area contributed by atoms with Crippen LogP contribution in [0.2, 0.25) is 0 Å². The van der Waals surface area contributed by atoms with Crippen LogP contribution >= 0.6 is 0 Å². The molecule has 3 fully saturated rings. The van der Waals surface area contributed by atoms with Gasteiger partial charge in [0, 0.05) is 25.2 Å². The first-order valence-corrected chi connectivity index (χ1v) is 6.07. The molecule has 18 heavy (non-hydrogen) atoms. The minimum atomic E-state index is -0.380. The summed E-state index contributed by atoms with van der Waals surface area (Å²) in [6.07, 6.45) is 1.20. The van der Waals surface area contributed by atoms with Crippen molar-refractivity contribution < 1.29 is 4.92 Å². The predicted molar refractivity (Wildman–Crippen MR) is 69.7 cm³/mol. The number of rotatable bonds is 2. The van der Waals surface area contributed by atoms with Gasteiger partial charge >= 0.3 is 5.69 Å². The molecule has 1 aromatic carbocycles. The maximum Gasteiger partial charge on any atom is 0.315 e. The molecule has 0 aliphatic carbocycles. The van der Waals surface area contributed by atoms with Crippen molar-refractivity contribution in [2.45, 2.75) is 18.5 Å². The van der Waals surface area contributed by atoms with E-state index in [2.05, 4.69) is 16.8 Å². The van der Waals surface area contributed by atoms with Crippen molar-refractivity contribution in [1.82, 2.24) is 4.90 Å². The first-order valence-electron chi connectivity index (χ1n) is 6.07. The van der Waals surface area contributed by atoms with Gasteiger partial charge < -0.3 is 10.6 Å². The van der Waals surface area contributed by atoms with Crippen molar-refractivity contribution in [1.29, 1.82) is 0 Å². The van der Waals surface area contributed by atoms with Crippen LogP contribution in [-0.2, 0) is 0 Å². The summed E-state index contributed by atoms with van der Waals surface area (Å²) < 4.78 is 0. The fourth-order valence-electron chi connectivity index (χ4n) is 3.00. The summed E-state index contributed by atoms with van der Waals surface area (Å²) in [6.45, 7) is 1.69. The van der Waals surface area contributed by atoms with Crippen LogP contribution in [0.5, 0.6) is 0 Å². The van der Waals surface area contributed by atoms with Gasteiger partial charge in [-0.3, -0.25) is 15.0 Å². The normalized spacial score (nSPS) is 26.8. The van der Waals surface area contributed by atoms with Gasteiger partial charge in [0.25, 0.3) is 0 Å². The molecule has 6 heteroatoms. The molecule has 3 heterocycles. The predicted octanol–water partition coefficient (Wildman–Crippen LogP) is 1.07. The molecule has 2 N–H and O–H groups in total. The Kier molecular flexibility index (Phi) is 2.41. The number of piperazine rings is 1. The van der Waals surface area contributed by atoms with E-state index in [0.717, 1.165) is 13.1 Å². The quantitative estimate of drug-likeness (QED) is 0.481. The van der Waals surface area contributed by atoms with E-state index >= 15 is 0 Å². The molecule has 6 nitrogen and oxygen atoms in total. The highest BCUT2D eigenvalue weighted by Gasteiger charge is 2.43. The minimum Gasteiger partial charge on any atom is -0.393 e. The summed E-state index contributed by atoms with van der Waals surface area (Å²) in [5.74, 6) is 0. The molecule has 2 bridgehead atoms. The number of nitro groups is 1. The first kappa shape index (κ1) is 11.3. The highest BCUT2D eigenvalue weighted by atomic mass is 16.6. The van der Waals surface area contributed by atoms with Crippen molar-refractivity contribution in [2.24, 2.45) is 0 Å². The fraction of sp³-hybridized carbons (Fsp3) is 0.500. The summed E-state index contributed by atoms with van der Waals surface area (Å²) in [4.78, 5) is 15.2. The Hall–Kier alpha value is -1.82. The molecule has 0 aromatic heterocycles. The second-order valence-corrected chi connectivity index (χ2v) is 5.09. The van der Waals surface area contributed by atoms with Crippen LogP contribution in [0.1, 0.15) is 6.42 Å². The Bertz CT molecular complexity index is 493. The minimum absolute atomic E-state index is 0.0430. The van der Waals surface area contributed by atoms with Crippen molar-refractivity contribution in [2.75, 3.05) is 30.8 Å². The Balaban J connectivity index is 1.93. The number of likely N-dealkylation sites (N-methyl/N-ethyl adjacent to an activating group) is 1. The third-order valence-electron chi connectivity index (χ3n) is 4.13. The number of hydrogen-bond donors (Lipinski definition) is 1. The number of nitrogen functional groups attached to an aromatic ring is 1. The standard InChI is InChI=1S/C12H16N4O2/c1-14-8-5-9(14)7-15(6-8)11-4-2-3-10(13)12(11)16(17)18/h2-4,8-9H,5-7,13H2,1H3. The number of anilines is 2. The van der Waals surface area contributed by atoms with Gasteiger partial charge in [-0.25, -0.2) is 0 Å². The second-order valence-electron chi connectivity index (χ2n) is 5.09. The first-order chi connectivity index (χ1) is 8.58. The van der Waals surface area contributed by atoms with Gasteiger partial charge in [0.15, 0.2) is 0 Å². The summed E-state index contributed by atoms with van der Waals surface area (Å²) >= 11 is 0. The zero-order chi connectivity index (χ0) is 12.9. The Labute approximate surface area is 105 Å². The molecule has 0 saturated carbocycles. The molecule has 1 aromatic rings. The number of nitrogens with zero attached hydrogens (tertiary/aromatic N) is 3. The number of fused-ring (bicyclic) bond motifs is 2. The summed E-state index contributed by atoms with van der Waals surface area (Å²) in [5, 5.41) is 11.1.